The first-order valence-electron chi connectivity index (χ1n) is 7.34. The molecule has 19 heavy (non-hydrogen) atoms. The van der Waals surface area contributed by atoms with Crippen LogP contribution in [0.1, 0.15) is 44.6 Å². The Bertz CT molecular complexity index is 439. The van der Waals surface area contributed by atoms with Gasteiger partial charge in [-0.05, 0) is 50.2 Å². The molecule has 0 spiro atoms. The second kappa shape index (κ2) is 6.71. The molecular weight excluding hydrogens is 234 g/mol. The molecular formula is C16H25N3. The standard InChI is InChI=1S/C16H25N3/c1-4-14-9-7-10-15(12-14)18-19(17-3)16-11-6-5-8-13(16)2/h5-6,8,11,14,17H,4,7,9-10,12H2,1-3H3. The summed E-state index contributed by atoms with van der Waals surface area (Å²) in [6, 6.07) is 8.35. The van der Waals surface area contributed by atoms with Gasteiger partial charge in [-0.3, -0.25) is 0 Å². The first-order chi connectivity index (χ1) is 9.24. The van der Waals surface area contributed by atoms with E-state index in [1.807, 2.05) is 12.2 Å². The van der Waals surface area contributed by atoms with Crippen LogP contribution in [0.4, 0.5) is 5.69 Å². The van der Waals surface area contributed by atoms with Crippen molar-refractivity contribution in [2.45, 2.75) is 46.0 Å². The number of hydrazine groups is 1. The monoisotopic (exact) mass is 259 g/mol. The first-order valence-corrected chi connectivity index (χ1v) is 7.34. The largest absolute Gasteiger partial charge is 0.216 e. The Labute approximate surface area is 116 Å². The van der Waals surface area contributed by atoms with E-state index in [-0.39, 0.29) is 0 Å². The second-order valence-electron chi connectivity index (χ2n) is 5.36. The van der Waals surface area contributed by atoms with Gasteiger partial charge in [0.2, 0.25) is 0 Å². The lowest BCUT2D eigenvalue weighted by Crippen LogP contribution is -2.32. The van der Waals surface area contributed by atoms with Crippen molar-refractivity contribution in [3.63, 3.8) is 0 Å². The summed E-state index contributed by atoms with van der Waals surface area (Å²) in [5.74, 6) is 0.822. The smallest absolute Gasteiger partial charge is 0.0807 e. The Morgan fingerprint density at radius 3 is 2.84 bits per heavy atom. The van der Waals surface area contributed by atoms with Crippen LogP contribution < -0.4 is 10.5 Å². The summed E-state index contributed by atoms with van der Waals surface area (Å²) in [5, 5.41) is 6.74. The minimum absolute atomic E-state index is 0.822. The molecule has 0 heterocycles. The van der Waals surface area contributed by atoms with E-state index in [2.05, 4.69) is 43.5 Å². The van der Waals surface area contributed by atoms with Crippen LogP contribution in [0.5, 0.6) is 0 Å². The molecule has 1 unspecified atom stereocenters. The number of nitrogens with zero attached hydrogens (tertiary/aromatic N) is 2. The van der Waals surface area contributed by atoms with Crippen LogP contribution in [-0.2, 0) is 0 Å². The molecule has 2 rings (SSSR count). The third-order valence-electron chi connectivity index (χ3n) is 3.98. The van der Waals surface area contributed by atoms with Crippen molar-refractivity contribution in [1.29, 1.82) is 0 Å². The van der Waals surface area contributed by atoms with Crippen LogP contribution in [0.15, 0.2) is 29.4 Å². The van der Waals surface area contributed by atoms with Crippen LogP contribution in [0.3, 0.4) is 0 Å². The molecule has 3 heteroatoms. The quantitative estimate of drug-likeness (QED) is 0.831. The van der Waals surface area contributed by atoms with Gasteiger partial charge in [0.1, 0.15) is 0 Å². The van der Waals surface area contributed by atoms with E-state index in [1.165, 1.54) is 30.5 Å². The molecule has 0 saturated heterocycles. The fourth-order valence-electron chi connectivity index (χ4n) is 2.74. The molecule has 1 N–H and O–H groups in total. The Morgan fingerprint density at radius 2 is 2.16 bits per heavy atom. The van der Waals surface area contributed by atoms with Crippen LogP contribution in [0.25, 0.3) is 0 Å². The highest BCUT2D eigenvalue weighted by Crippen LogP contribution is 2.26. The van der Waals surface area contributed by atoms with Crippen LogP contribution in [-0.4, -0.2) is 12.8 Å². The Hall–Kier alpha value is -1.35. The number of anilines is 1. The number of benzene rings is 1. The highest BCUT2D eigenvalue weighted by Gasteiger charge is 2.18. The summed E-state index contributed by atoms with van der Waals surface area (Å²) in [7, 11) is 1.93. The molecule has 0 aromatic heterocycles. The number of nitrogens with one attached hydrogen (secondary N) is 1. The van der Waals surface area contributed by atoms with Gasteiger partial charge in [-0.2, -0.15) is 10.2 Å². The van der Waals surface area contributed by atoms with Gasteiger partial charge in [-0.25, -0.2) is 5.43 Å². The van der Waals surface area contributed by atoms with Gasteiger partial charge >= 0.3 is 0 Å². The first kappa shape index (κ1) is 14.1. The van der Waals surface area contributed by atoms with Crippen LogP contribution >= 0.6 is 0 Å². The van der Waals surface area contributed by atoms with Gasteiger partial charge in [0, 0.05) is 12.8 Å². The van der Waals surface area contributed by atoms with Crippen molar-refractivity contribution in [1.82, 2.24) is 5.43 Å². The fraction of sp³-hybridized carbons (Fsp3) is 0.562. The molecule has 0 bridgehead atoms. The summed E-state index contributed by atoms with van der Waals surface area (Å²) < 4.78 is 0. The Kier molecular flexibility index (Phi) is 4.97. The van der Waals surface area contributed by atoms with Crippen molar-refractivity contribution in [2.75, 3.05) is 12.2 Å². The summed E-state index contributed by atoms with van der Waals surface area (Å²) in [4.78, 5) is 0. The number of para-hydroxylation sites is 1. The molecule has 1 atom stereocenters. The lowest BCUT2D eigenvalue weighted by molar-refractivity contribution is 0.445. The highest BCUT2D eigenvalue weighted by atomic mass is 15.7. The molecule has 1 aromatic carbocycles. The van der Waals surface area contributed by atoms with E-state index in [0.717, 1.165) is 24.4 Å². The second-order valence-corrected chi connectivity index (χ2v) is 5.36. The van der Waals surface area contributed by atoms with Gasteiger partial charge in [0.05, 0.1) is 5.69 Å². The van der Waals surface area contributed by atoms with E-state index >= 15 is 0 Å². The van der Waals surface area contributed by atoms with Crippen LogP contribution in [0, 0.1) is 12.8 Å². The highest BCUT2D eigenvalue weighted by molar-refractivity contribution is 5.86. The van der Waals surface area contributed by atoms with Crippen molar-refractivity contribution in [3.05, 3.63) is 29.8 Å². The Morgan fingerprint density at radius 1 is 1.37 bits per heavy atom. The SMILES string of the molecule is CCC1CCCC(=NN(NC)c2ccccc2C)C1. The number of hydrazone groups is 1. The van der Waals surface area contributed by atoms with Gasteiger partial charge in [-0.1, -0.05) is 31.5 Å². The van der Waals surface area contributed by atoms with Gasteiger partial charge in [0.15, 0.2) is 0 Å². The topological polar surface area (TPSA) is 27.6 Å². The maximum absolute atomic E-state index is 4.82. The molecule has 1 saturated carbocycles. The predicted molar refractivity (Wildman–Crippen MR) is 82.4 cm³/mol. The molecule has 0 radical (unpaired) electrons. The van der Waals surface area contributed by atoms with Gasteiger partial charge < -0.3 is 0 Å². The number of rotatable bonds is 4. The molecule has 104 valence electrons. The van der Waals surface area contributed by atoms with E-state index in [4.69, 9.17) is 5.10 Å². The van der Waals surface area contributed by atoms with Gasteiger partial charge in [-0.15, -0.1) is 0 Å². The normalized spacial score (nSPS) is 21.6. The molecule has 0 aliphatic heterocycles. The lowest BCUT2D eigenvalue weighted by Gasteiger charge is -2.26. The lowest BCUT2D eigenvalue weighted by atomic mass is 9.86. The van der Waals surface area contributed by atoms with Crippen molar-refractivity contribution in [3.8, 4) is 0 Å². The predicted octanol–water partition coefficient (Wildman–Crippen LogP) is 3.89. The molecule has 3 nitrogen and oxygen atoms in total. The minimum Gasteiger partial charge on any atom is -0.216 e. The van der Waals surface area contributed by atoms with Gasteiger partial charge in [0.25, 0.3) is 0 Å². The molecule has 1 aromatic rings. The van der Waals surface area contributed by atoms with E-state index in [9.17, 15) is 0 Å². The van der Waals surface area contributed by atoms with Crippen molar-refractivity contribution < 1.29 is 0 Å². The maximum atomic E-state index is 4.82. The van der Waals surface area contributed by atoms with Crippen LogP contribution in [0.2, 0.25) is 0 Å². The van der Waals surface area contributed by atoms with E-state index in [1.54, 1.807) is 0 Å². The van der Waals surface area contributed by atoms with Crippen molar-refractivity contribution >= 4 is 11.4 Å². The third kappa shape index (κ3) is 3.57. The minimum atomic E-state index is 0.822. The average Bonchev–Trinajstić information content (AvgIpc) is 2.46. The summed E-state index contributed by atoms with van der Waals surface area (Å²) in [6.45, 7) is 4.40. The number of hydrogen-bond donors (Lipinski definition) is 1. The summed E-state index contributed by atoms with van der Waals surface area (Å²) in [6.07, 6.45) is 6.20. The van der Waals surface area contributed by atoms with E-state index in [0.29, 0.717) is 0 Å². The van der Waals surface area contributed by atoms with E-state index < -0.39 is 0 Å². The fourth-order valence-corrected chi connectivity index (χ4v) is 2.74. The molecule has 0 amide bonds. The number of aryl methyl sites for hydroxylation is 1. The molecule has 1 aliphatic rings. The zero-order valence-electron chi connectivity index (χ0n) is 12.3. The van der Waals surface area contributed by atoms with Crippen molar-refractivity contribution in [2.24, 2.45) is 11.0 Å². The summed E-state index contributed by atoms with van der Waals surface area (Å²) in [5.41, 5.74) is 6.89. The zero-order valence-corrected chi connectivity index (χ0v) is 12.3. The third-order valence-corrected chi connectivity index (χ3v) is 3.98. The summed E-state index contributed by atoms with van der Waals surface area (Å²) >= 11 is 0. The average molecular weight is 259 g/mol. The molecule has 1 fully saturated rings. The maximum Gasteiger partial charge on any atom is 0.0807 e. The Balaban J connectivity index is 2.16. The zero-order chi connectivity index (χ0) is 13.7. The molecule has 1 aliphatic carbocycles. The number of hydrogen-bond acceptors (Lipinski definition) is 3.